The summed E-state index contributed by atoms with van der Waals surface area (Å²) in [4.78, 5) is 5.55. The van der Waals surface area contributed by atoms with Crippen molar-refractivity contribution in [1.29, 1.82) is 0 Å². The first-order valence-electron chi connectivity index (χ1n) is 7.92. The fraction of sp³-hybridized carbons (Fsp3) is 0.529. The number of ether oxygens (including phenoxy) is 3. The van der Waals surface area contributed by atoms with E-state index in [1.54, 1.807) is 7.11 Å². The third-order valence-electron chi connectivity index (χ3n) is 4.59. The molecule has 1 saturated carbocycles. The predicted molar refractivity (Wildman–Crippen MR) is 81.6 cm³/mol. The number of methoxy groups -OCH3 is 1. The van der Waals surface area contributed by atoms with Gasteiger partial charge in [0.05, 0.1) is 32.1 Å². The molecule has 0 spiro atoms. The van der Waals surface area contributed by atoms with E-state index < -0.39 is 0 Å². The van der Waals surface area contributed by atoms with Gasteiger partial charge in [0.15, 0.2) is 11.5 Å². The van der Waals surface area contributed by atoms with Crippen LogP contribution < -0.4 is 15.0 Å². The Morgan fingerprint density at radius 2 is 2.05 bits per heavy atom. The summed E-state index contributed by atoms with van der Waals surface area (Å²) in [6, 6.07) is 6.02. The summed E-state index contributed by atoms with van der Waals surface area (Å²) in [6.07, 6.45) is 5.08. The molecule has 0 aromatic heterocycles. The molecule has 1 aromatic rings. The standard InChI is InChI=1S/C17H21NO4/c1-19-14-7-6-11(8-15(14)21-12-4-2-3-5-12)17-13-9-20-10-16(13)22-18-17/h6-8,12,16,18H,2-5,9-10H2,1H3. The van der Waals surface area contributed by atoms with Crippen LogP contribution in [0.1, 0.15) is 31.2 Å². The summed E-state index contributed by atoms with van der Waals surface area (Å²) in [7, 11) is 1.68. The molecule has 0 amide bonds. The van der Waals surface area contributed by atoms with Crippen LogP contribution in [0.5, 0.6) is 11.5 Å². The van der Waals surface area contributed by atoms with E-state index in [2.05, 4.69) is 5.48 Å². The smallest absolute Gasteiger partial charge is 0.162 e. The van der Waals surface area contributed by atoms with Gasteiger partial charge in [0.2, 0.25) is 0 Å². The van der Waals surface area contributed by atoms with Crippen molar-refractivity contribution in [3.8, 4) is 11.5 Å². The van der Waals surface area contributed by atoms with Crippen molar-refractivity contribution in [2.75, 3.05) is 20.3 Å². The summed E-state index contributed by atoms with van der Waals surface area (Å²) < 4.78 is 17.1. The molecule has 4 rings (SSSR count). The largest absolute Gasteiger partial charge is 0.493 e. The van der Waals surface area contributed by atoms with Crippen molar-refractivity contribution in [3.05, 3.63) is 29.3 Å². The summed E-state index contributed by atoms with van der Waals surface area (Å²) in [5.74, 6) is 1.59. The molecule has 1 atom stereocenters. The van der Waals surface area contributed by atoms with Crippen molar-refractivity contribution in [1.82, 2.24) is 5.48 Å². The van der Waals surface area contributed by atoms with Crippen LogP contribution in [0, 0.1) is 0 Å². The molecule has 0 radical (unpaired) electrons. The molecule has 2 heterocycles. The zero-order chi connectivity index (χ0) is 14.9. The molecular formula is C17H21NO4. The third-order valence-corrected chi connectivity index (χ3v) is 4.59. The molecule has 0 bridgehead atoms. The molecule has 118 valence electrons. The van der Waals surface area contributed by atoms with Crippen LogP contribution in [0.25, 0.3) is 5.70 Å². The number of fused-ring (bicyclic) bond motifs is 1. The maximum atomic E-state index is 6.16. The first kappa shape index (κ1) is 13.9. The highest BCUT2D eigenvalue weighted by Crippen LogP contribution is 2.36. The Labute approximate surface area is 130 Å². The Morgan fingerprint density at radius 1 is 1.18 bits per heavy atom. The number of rotatable bonds is 4. The van der Waals surface area contributed by atoms with Crippen LogP contribution in [0.3, 0.4) is 0 Å². The molecule has 1 aromatic carbocycles. The average molecular weight is 303 g/mol. The highest BCUT2D eigenvalue weighted by Gasteiger charge is 2.33. The van der Waals surface area contributed by atoms with Crippen LogP contribution in [0.4, 0.5) is 0 Å². The first-order chi connectivity index (χ1) is 10.8. The maximum Gasteiger partial charge on any atom is 0.162 e. The second-order valence-electron chi connectivity index (χ2n) is 6.01. The van der Waals surface area contributed by atoms with Crippen molar-refractivity contribution in [2.45, 2.75) is 37.9 Å². The topological polar surface area (TPSA) is 49.0 Å². The number of hydroxylamine groups is 1. The quantitative estimate of drug-likeness (QED) is 0.926. The van der Waals surface area contributed by atoms with Crippen molar-refractivity contribution in [3.63, 3.8) is 0 Å². The molecule has 1 aliphatic carbocycles. The second-order valence-corrected chi connectivity index (χ2v) is 6.01. The Balaban J connectivity index is 1.64. The second kappa shape index (κ2) is 5.82. The molecule has 1 saturated heterocycles. The molecule has 2 fully saturated rings. The van der Waals surface area contributed by atoms with Crippen molar-refractivity contribution >= 4 is 5.70 Å². The molecule has 3 aliphatic rings. The monoisotopic (exact) mass is 303 g/mol. The SMILES string of the molecule is COc1ccc(C2=C3COCC3ON2)cc1OC1CCCC1. The number of hydrogen-bond acceptors (Lipinski definition) is 5. The van der Waals surface area contributed by atoms with Gasteiger partial charge < -0.3 is 14.2 Å². The number of benzene rings is 1. The Morgan fingerprint density at radius 3 is 2.86 bits per heavy atom. The Bertz CT molecular complexity index is 592. The molecule has 1 N–H and O–H groups in total. The van der Waals surface area contributed by atoms with Gasteiger partial charge in [0, 0.05) is 11.1 Å². The lowest BCUT2D eigenvalue weighted by molar-refractivity contribution is 0.0232. The van der Waals surface area contributed by atoms with E-state index >= 15 is 0 Å². The normalized spacial score (nSPS) is 24.5. The molecule has 5 nitrogen and oxygen atoms in total. The first-order valence-corrected chi connectivity index (χ1v) is 7.92. The van der Waals surface area contributed by atoms with Gasteiger partial charge in [0.25, 0.3) is 0 Å². The van der Waals surface area contributed by atoms with E-state index in [0.717, 1.165) is 35.6 Å². The van der Waals surface area contributed by atoms with Gasteiger partial charge in [-0.2, -0.15) is 0 Å². The van der Waals surface area contributed by atoms with Crippen LogP contribution in [-0.4, -0.2) is 32.5 Å². The Kier molecular flexibility index (Phi) is 3.68. The van der Waals surface area contributed by atoms with Crippen LogP contribution in [-0.2, 0) is 9.57 Å². The minimum atomic E-state index is 0.0382. The highest BCUT2D eigenvalue weighted by atomic mass is 16.7. The third kappa shape index (κ3) is 2.44. The molecular weight excluding hydrogens is 282 g/mol. The lowest BCUT2D eigenvalue weighted by atomic mass is 10.0. The van der Waals surface area contributed by atoms with Crippen molar-refractivity contribution < 1.29 is 19.0 Å². The summed E-state index contributed by atoms with van der Waals surface area (Å²) >= 11 is 0. The number of hydrogen-bond donors (Lipinski definition) is 1. The summed E-state index contributed by atoms with van der Waals surface area (Å²) in [5.41, 5.74) is 6.27. The van der Waals surface area contributed by atoms with Crippen molar-refractivity contribution in [2.24, 2.45) is 0 Å². The molecule has 5 heteroatoms. The lowest BCUT2D eigenvalue weighted by Crippen LogP contribution is -2.14. The molecule has 2 aliphatic heterocycles. The highest BCUT2D eigenvalue weighted by molar-refractivity contribution is 5.71. The van der Waals surface area contributed by atoms with Gasteiger partial charge in [-0.15, -0.1) is 0 Å². The maximum absolute atomic E-state index is 6.16. The van der Waals surface area contributed by atoms with Gasteiger partial charge in [-0.1, -0.05) is 0 Å². The van der Waals surface area contributed by atoms with E-state index in [1.807, 2.05) is 18.2 Å². The van der Waals surface area contributed by atoms with Gasteiger partial charge >= 0.3 is 0 Å². The summed E-state index contributed by atoms with van der Waals surface area (Å²) in [6.45, 7) is 1.24. The van der Waals surface area contributed by atoms with E-state index in [9.17, 15) is 0 Å². The van der Waals surface area contributed by atoms with Gasteiger partial charge in [-0.25, -0.2) is 0 Å². The van der Waals surface area contributed by atoms with Gasteiger partial charge in [-0.3, -0.25) is 10.3 Å². The fourth-order valence-corrected chi connectivity index (χ4v) is 3.36. The minimum Gasteiger partial charge on any atom is -0.493 e. The fourth-order valence-electron chi connectivity index (χ4n) is 3.36. The Hall–Kier alpha value is -1.72. The van der Waals surface area contributed by atoms with E-state index in [1.165, 1.54) is 18.4 Å². The van der Waals surface area contributed by atoms with E-state index in [4.69, 9.17) is 19.0 Å². The lowest BCUT2D eigenvalue weighted by Gasteiger charge is -2.17. The number of nitrogens with one attached hydrogen (secondary N) is 1. The zero-order valence-electron chi connectivity index (χ0n) is 12.8. The molecule has 1 unspecified atom stereocenters. The van der Waals surface area contributed by atoms with E-state index in [0.29, 0.717) is 19.3 Å². The van der Waals surface area contributed by atoms with E-state index in [-0.39, 0.29) is 6.10 Å². The summed E-state index contributed by atoms with van der Waals surface area (Å²) in [5, 5.41) is 0. The van der Waals surface area contributed by atoms with Crippen LogP contribution in [0.15, 0.2) is 23.8 Å². The van der Waals surface area contributed by atoms with Gasteiger partial charge in [0.1, 0.15) is 6.10 Å². The molecule has 22 heavy (non-hydrogen) atoms. The van der Waals surface area contributed by atoms with Crippen LogP contribution in [0.2, 0.25) is 0 Å². The predicted octanol–water partition coefficient (Wildman–Crippen LogP) is 2.66. The van der Waals surface area contributed by atoms with Gasteiger partial charge in [-0.05, 0) is 43.9 Å². The average Bonchev–Trinajstić information content (AvgIpc) is 3.24. The minimum absolute atomic E-state index is 0.0382. The van der Waals surface area contributed by atoms with Crippen LogP contribution >= 0.6 is 0 Å². The zero-order valence-corrected chi connectivity index (χ0v) is 12.8.